The zero-order valence-corrected chi connectivity index (χ0v) is 17.5. The van der Waals surface area contributed by atoms with Crippen LogP contribution in [0, 0.1) is 5.92 Å². The summed E-state index contributed by atoms with van der Waals surface area (Å²) in [7, 11) is 0. The zero-order valence-electron chi connectivity index (χ0n) is 16.0. The first-order valence-electron chi connectivity index (χ1n) is 10.2. The quantitative estimate of drug-likeness (QED) is 0.663. The maximum absolute atomic E-state index is 13.5. The van der Waals surface area contributed by atoms with Gasteiger partial charge in [-0.15, -0.1) is 0 Å². The Hall–Kier alpha value is -2.25. The number of pyridine rings is 1. The highest BCUT2D eigenvalue weighted by molar-refractivity contribution is 9.10. The van der Waals surface area contributed by atoms with Gasteiger partial charge in [0.1, 0.15) is 12.0 Å². The molecular formula is C22H23BrN3O3+. The fourth-order valence-electron chi connectivity index (χ4n) is 4.88. The number of imide groups is 1. The summed E-state index contributed by atoms with van der Waals surface area (Å²) in [5.41, 5.74) is 1.75. The van der Waals surface area contributed by atoms with Gasteiger partial charge in [0.2, 0.25) is 5.91 Å². The molecule has 3 heterocycles. The summed E-state index contributed by atoms with van der Waals surface area (Å²) in [6.45, 7) is 0. The molecule has 29 heavy (non-hydrogen) atoms. The van der Waals surface area contributed by atoms with Crippen molar-refractivity contribution in [3.8, 4) is 0 Å². The molecule has 3 unspecified atom stereocenters. The molecule has 0 spiro atoms. The van der Waals surface area contributed by atoms with Crippen LogP contribution in [0.15, 0.2) is 53.3 Å². The second kappa shape index (κ2) is 7.54. The van der Waals surface area contributed by atoms with Gasteiger partial charge >= 0.3 is 0 Å². The van der Waals surface area contributed by atoms with Gasteiger partial charge in [0.25, 0.3) is 5.91 Å². The third-order valence-corrected chi connectivity index (χ3v) is 6.77. The molecule has 1 saturated carbocycles. The van der Waals surface area contributed by atoms with Crippen LogP contribution in [0.2, 0.25) is 0 Å². The number of nitrogens with one attached hydrogen (secondary N) is 1. The van der Waals surface area contributed by atoms with Crippen molar-refractivity contribution in [3.05, 3.63) is 58.8 Å². The maximum Gasteiger partial charge on any atom is 0.262 e. The van der Waals surface area contributed by atoms with Crippen molar-refractivity contribution in [2.24, 2.45) is 5.92 Å². The van der Waals surface area contributed by atoms with E-state index in [-0.39, 0.29) is 23.9 Å². The lowest BCUT2D eigenvalue weighted by atomic mass is 9.91. The number of anilines is 1. The van der Waals surface area contributed by atoms with Gasteiger partial charge in [-0.05, 0) is 43.2 Å². The molecule has 1 aromatic heterocycles. The molecule has 7 heteroatoms. The van der Waals surface area contributed by atoms with Crippen molar-refractivity contribution in [1.82, 2.24) is 4.90 Å². The van der Waals surface area contributed by atoms with E-state index in [0.717, 1.165) is 41.4 Å². The number of hydrogen-bond acceptors (Lipinski definition) is 4. The van der Waals surface area contributed by atoms with Crippen molar-refractivity contribution in [2.75, 3.05) is 5.06 Å². The second-order valence-corrected chi connectivity index (χ2v) is 8.89. The molecule has 2 aliphatic heterocycles. The molecule has 1 aliphatic carbocycles. The molecule has 150 valence electrons. The number of hydroxylamine groups is 1. The van der Waals surface area contributed by atoms with E-state index in [0.29, 0.717) is 0 Å². The number of hydrogen-bond donors (Lipinski definition) is 0. The van der Waals surface area contributed by atoms with Crippen molar-refractivity contribution in [1.29, 1.82) is 0 Å². The van der Waals surface area contributed by atoms with Crippen LogP contribution in [0.25, 0.3) is 0 Å². The van der Waals surface area contributed by atoms with Gasteiger partial charge in [0.05, 0.1) is 5.69 Å². The van der Waals surface area contributed by atoms with Gasteiger partial charge in [-0.25, -0.2) is 10.0 Å². The van der Waals surface area contributed by atoms with Crippen LogP contribution in [-0.2, 0) is 14.4 Å². The van der Waals surface area contributed by atoms with Crippen LogP contribution in [-0.4, -0.2) is 28.9 Å². The molecule has 1 aromatic carbocycles. The first-order valence-corrected chi connectivity index (χ1v) is 11.0. The van der Waals surface area contributed by atoms with Crippen molar-refractivity contribution >= 4 is 33.4 Å². The Balaban J connectivity index is 1.53. The number of benzene rings is 1. The molecule has 3 atom stereocenters. The number of rotatable bonds is 3. The highest BCUT2D eigenvalue weighted by atomic mass is 79.9. The largest absolute Gasteiger partial charge is 0.277 e. The van der Waals surface area contributed by atoms with E-state index in [1.54, 1.807) is 5.06 Å². The number of fused-ring (bicyclic) bond motifs is 1. The summed E-state index contributed by atoms with van der Waals surface area (Å²) < 4.78 is 0.959. The van der Waals surface area contributed by atoms with E-state index in [9.17, 15) is 9.59 Å². The molecule has 3 aliphatic rings. The maximum atomic E-state index is 13.5. The van der Waals surface area contributed by atoms with Gasteiger partial charge in [-0.2, -0.15) is 0 Å². The number of halogens is 1. The summed E-state index contributed by atoms with van der Waals surface area (Å²) >= 11 is 3.45. The number of carbonyl (C=O) groups is 2. The minimum atomic E-state index is -0.765. The topological polar surface area (TPSA) is 64.0 Å². The Morgan fingerprint density at radius 1 is 1.00 bits per heavy atom. The van der Waals surface area contributed by atoms with Gasteiger partial charge in [-0.1, -0.05) is 35.2 Å². The van der Waals surface area contributed by atoms with Gasteiger partial charge in [-0.3, -0.25) is 19.3 Å². The van der Waals surface area contributed by atoms with Crippen LogP contribution in [0.1, 0.15) is 43.7 Å². The molecule has 2 saturated heterocycles. The summed E-state index contributed by atoms with van der Waals surface area (Å²) in [5.74, 6) is -0.819. The Kier molecular flexibility index (Phi) is 4.87. The predicted octanol–water partition coefficient (Wildman–Crippen LogP) is 3.44. The Bertz CT molecular complexity index is 915. The van der Waals surface area contributed by atoms with Crippen LogP contribution >= 0.6 is 15.9 Å². The fourth-order valence-corrected chi connectivity index (χ4v) is 5.14. The lowest BCUT2D eigenvalue weighted by Crippen LogP contribution is -2.44. The number of carbonyl (C=O) groups excluding carboxylic acids is 2. The summed E-state index contributed by atoms with van der Waals surface area (Å²) in [4.78, 5) is 37.5. The molecule has 0 radical (unpaired) electrons. The van der Waals surface area contributed by atoms with Crippen LogP contribution in [0.3, 0.4) is 0 Å². The van der Waals surface area contributed by atoms with E-state index >= 15 is 0 Å². The van der Waals surface area contributed by atoms with Gasteiger partial charge < -0.3 is 0 Å². The van der Waals surface area contributed by atoms with Crippen molar-refractivity contribution < 1.29 is 19.4 Å². The zero-order chi connectivity index (χ0) is 20.0. The average molecular weight is 457 g/mol. The minimum absolute atomic E-state index is 0.0158. The first kappa shape index (κ1) is 18.8. The lowest BCUT2D eigenvalue weighted by molar-refractivity contribution is -0.378. The van der Waals surface area contributed by atoms with E-state index < -0.39 is 12.0 Å². The number of aromatic nitrogens is 1. The summed E-state index contributed by atoms with van der Waals surface area (Å²) in [6.07, 6.45) is 8.06. The average Bonchev–Trinajstić information content (AvgIpc) is 3.26. The first-order chi connectivity index (χ1) is 14.1. The lowest BCUT2D eigenvalue weighted by Gasteiger charge is -2.32. The van der Waals surface area contributed by atoms with Crippen molar-refractivity contribution in [3.63, 3.8) is 0 Å². The highest BCUT2D eigenvalue weighted by Gasteiger charge is 2.61. The standard InChI is InChI=1S/C22H22BrN3O3/c23-15-8-10-17(11-9-15)26-19(14-5-4-12-24-13-14)18-20(29-26)22(28)25(21(18)27)16-6-2-1-3-7-16/h4-5,8-13,16,18-20H,1-3,6-7H2/p+1. The van der Waals surface area contributed by atoms with E-state index in [4.69, 9.17) is 4.84 Å². The second-order valence-electron chi connectivity index (χ2n) is 7.97. The van der Waals surface area contributed by atoms with Crippen molar-refractivity contribution in [2.45, 2.75) is 50.3 Å². The number of aromatic amines is 1. The van der Waals surface area contributed by atoms with Gasteiger partial charge in [0.15, 0.2) is 18.5 Å². The third kappa shape index (κ3) is 3.16. The molecule has 0 bridgehead atoms. The molecule has 5 rings (SSSR count). The molecule has 2 aromatic rings. The summed E-state index contributed by atoms with van der Waals surface area (Å²) in [5, 5.41) is 1.74. The molecular weight excluding hydrogens is 434 g/mol. The number of likely N-dealkylation sites (tertiary alicyclic amines) is 1. The number of nitrogens with zero attached hydrogens (tertiary/aromatic N) is 2. The Morgan fingerprint density at radius 3 is 2.45 bits per heavy atom. The van der Waals surface area contributed by atoms with Gasteiger partial charge in [0, 0.05) is 22.1 Å². The number of amides is 2. The third-order valence-electron chi connectivity index (χ3n) is 6.24. The monoisotopic (exact) mass is 456 g/mol. The Morgan fingerprint density at radius 2 is 1.76 bits per heavy atom. The molecule has 1 N–H and O–H groups in total. The predicted molar refractivity (Wildman–Crippen MR) is 109 cm³/mol. The number of H-pyrrole nitrogens is 1. The fraction of sp³-hybridized carbons (Fsp3) is 0.409. The summed E-state index contributed by atoms with van der Waals surface area (Å²) in [6, 6.07) is 11.3. The normalized spacial score (nSPS) is 27.6. The van der Waals surface area contributed by atoms with Crippen LogP contribution < -0.4 is 10.0 Å². The minimum Gasteiger partial charge on any atom is -0.277 e. The van der Waals surface area contributed by atoms with Crippen LogP contribution in [0.4, 0.5) is 5.69 Å². The molecule has 6 nitrogen and oxygen atoms in total. The molecule has 2 amide bonds. The highest BCUT2D eigenvalue weighted by Crippen LogP contribution is 2.47. The van der Waals surface area contributed by atoms with Crippen LogP contribution in [0.5, 0.6) is 0 Å². The molecule has 3 fully saturated rings. The van der Waals surface area contributed by atoms with E-state index in [2.05, 4.69) is 20.9 Å². The van der Waals surface area contributed by atoms with E-state index in [1.807, 2.05) is 48.8 Å². The SMILES string of the molecule is O=C1C2ON(c3ccc(Br)cc3)C(c3ccc[nH+]c3)C2C(=O)N1C1CCCCC1. The Labute approximate surface area is 177 Å². The smallest absolute Gasteiger partial charge is 0.262 e. The van der Waals surface area contributed by atoms with E-state index in [1.165, 1.54) is 11.3 Å².